The Kier molecular flexibility index (Phi) is 5.87. The van der Waals surface area contributed by atoms with Crippen LogP contribution in [0.25, 0.3) is 0 Å². The van der Waals surface area contributed by atoms with Gasteiger partial charge in [-0.1, -0.05) is 17.7 Å². The van der Waals surface area contributed by atoms with Gasteiger partial charge < -0.3 is 14.8 Å². The molecular formula is C14H20ClNO4S. The summed E-state index contributed by atoms with van der Waals surface area (Å²) in [5.41, 5.74) is 1.04. The third kappa shape index (κ3) is 5.14. The van der Waals surface area contributed by atoms with Gasteiger partial charge in [-0.25, -0.2) is 8.42 Å². The molecule has 5 nitrogen and oxygen atoms in total. The SMILES string of the molecule is COCCNCc1ccc(OC2CCS(=O)(=O)C2)c(Cl)c1. The van der Waals surface area contributed by atoms with E-state index in [1.54, 1.807) is 13.2 Å². The summed E-state index contributed by atoms with van der Waals surface area (Å²) in [7, 11) is -1.28. The Hall–Kier alpha value is -0.820. The predicted octanol–water partition coefficient (Wildman–Crippen LogP) is 1.64. The molecule has 1 aliphatic heterocycles. The van der Waals surface area contributed by atoms with Crippen molar-refractivity contribution < 1.29 is 17.9 Å². The van der Waals surface area contributed by atoms with Gasteiger partial charge in [-0.15, -0.1) is 0 Å². The smallest absolute Gasteiger partial charge is 0.154 e. The van der Waals surface area contributed by atoms with Gasteiger partial charge >= 0.3 is 0 Å². The molecule has 1 N–H and O–H groups in total. The molecule has 0 aliphatic carbocycles. The maximum Gasteiger partial charge on any atom is 0.154 e. The molecular weight excluding hydrogens is 314 g/mol. The summed E-state index contributed by atoms with van der Waals surface area (Å²) in [5.74, 6) is 0.805. The fourth-order valence-electron chi connectivity index (χ4n) is 2.19. The number of sulfone groups is 1. The second-order valence-corrected chi connectivity index (χ2v) is 7.71. The molecule has 0 amide bonds. The van der Waals surface area contributed by atoms with Crippen LogP contribution in [0.3, 0.4) is 0 Å². The number of rotatable bonds is 7. The Balaban J connectivity index is 1.90. The molecule has 1 unspecified atom stereocenters. The number of hydrogen-bond acceptors (Lipinski definition) is 5. The Morgan fingerprint density at radius 1 is 1.43 bits per heavy atom. The van der Waals surface area contributed by atoms with Crippen molar-refractivity contribution in [3.63, 3.8) is 0 Å². The van der Waals surface area contributed by atoms with Crippen LogP contribution in [0.15, 0.2) is 18.2 Å². The lowest BCUT2D eigenvalue weighted by atomic mass is 10.2. The summed E-state index contributed by atoms with van der Waals surface area (Å²) in [6.45, 7) is 2.12. The number of nitrogens with one attached hydrogen (secondary N) is 1. The zero-order valence-corrected chi connectivity index (χ0v) is 13.5. The summed E-state index contributed by atoms with van der Waals surface area (Å²) in [6, 6.07) is 5.55. The summed E-state index contributed by atoms with van der Waals surface area (Å²) in [5, 5.41) is 3.73. The normalized spacial score (nSPS) is 20.6. The fourth-order valence-corrected chi connectivity index (χ4v) is 4.03. The molecule has 1 aromatic rings. The second-order valence-electron chi connectivity index (χ2n) is 5.08. The van der Waals surface area contributed by atoms with Gasteiger partial charge in [0.25, 0.3) is 0 Å². The van der Waals surface area contributed by atoms with Gasteiger partial charge in [-0.2, -0.15) is 0 Å². The molecule has 1 aliphatic rings. The number of hydrogen-bond donors (Lipinski definition) is 1. The van der Waals surface area contributed by atoms with Crippen molar-refractivity contribution in [3.8, 4) is 5.75 Å². The van der Waals surface area contributed by atoms with E-state index in [2.05, 4.69) is 5.32 Å². The Morgan fingerprint density at radius 3 is 2.86 bits per heavy atom. The molecule has 2 rings (SSSR count). The van der Waals surface area contributed by atoms with Gasteiger partial charge in [-0.3, -0.25) is 0 Å². The minimum Gasteiger partial charge on any atom is -0.488 e. The van der Waals surface area contributed by atoms with E-state index < -0.39 is 9.84 Å². The van der Waals surface area contributed by atoms with E-state index in [4.69, 9.17) is 21.1 Å². The van der Waals surface area contributed by atoms with Crippen molar-refractivity contribution in [1.29, 1.82) is 0 Å². The van der Waals surface area contributed by atoms with Crippen LogP contribution in [-0.4, -0.2) is 46.3 Å². The topological polar surface area (TPSA) is 64.6 Å². The molecule has 21 heavy (non-hydrogen) atoms. The lowest BCUT2D eigenvalue weighted by Gasteiger charge is -2.14. The molecule has 1 heterocycles. The molecule has 0 spiro atoms. The highest BCUT2D eigenvalue weighted by molar-refractivity contribution is 7.91. The van der Waals surface area contributed by atoms with Crippen LogP contribution in [-0.2, 0) is 21.1 Å². The average molecular weight is 334 g/mol. The minimum atomic E-state index is -2.94. The van der Waals surface area contributed by atoms with E-state index in [-0.39, 0.29) is 17.6 Å². The van der Waals surface area contributed by atoms with Crippen molar-refractivity contribution in [2.75, 3.05) is 31.8 Å². The first-order valence-electron chi connectivity index (χ1n) is 6.85. The molecule has 1 saturated heterocycles. The van der Waals surface area contributed by atoms with E-state index in [0.717, 1.165) is 12.1 Å². The van der Waals surface area contributed by atoms with Gasteiger partial charge in [0.15, 0.2) is 9.84 Å². The van der Waals surface area contributed by atoms with Gasteiger partial charge in [-0.05, 0) is 24.1 Å². The molecule has 1 aromatic carbocycles. The minimum absolute atomic E-state index is 0.0731. The summed E-state index contributed by atoms with van der Waals surface area (Å²) < 4.78 is 33.5. The van der Waals surface area contributed by atoms with Crippen molar-refractivity contribution in [2.45, 2.75) is 19.1 Å². The number of benzene rings is 1. The first-order valence-corrected chi connectivity index (χ1v) is 9.05. The van der Waals surface area contributed by atoms with Crippen molar-refractivity contribution >= 4 is 21.4 Å². The molecule has 0 bridgehead atoms. The Labute approximate surface area is 130 Å². The maximum atomic E-state index is 11.4. The molecule has 1 atom stereocenters. The van der Waals surface area contributed by atoms with Crippen LogP contribution in [0, 0.1) is 0 Å². The standard InChI is InChI=1S/C14H20ClNO4S/c1-19-6-5-16-9-11-2-3-14(13(15)8-11)20-12-4-7-21(17,18)10-12/h2-3,8,12,16H,4-7,9-10H2,1H3. The number of halogens is 1. The van der Waals surface area contributed by atoms with E-state index in [1.807, 2.05) is 12.1 Å². The Bertz CT molecular complexity index is 576. The summed E-state index contributed by atoms with van der Waals surface area (Å²) in [6.07, 6.45) is 0.233. The lowest BCUT2D eigenvalue weighted by Crippen LogP contribution is -2.19. The zero-order chi connectivity index (χ0) is 15.3. The quantitative estimate of drug-likeness (QED) is 0.768. The molecule has 0 radical (unpaired) electrons. The molecule has 1 fully saturated rings. The molecule has 7 heteroatoms. The third-order valence-electron chi connectivity index (χ3n) is 3.29. The van der Waals surface area contributed by atoms with Gasteiger partial charge in [0, 0.05) is 20.2 Å². The van der Waals surface area contributed by atoms with Gasteiger partial charge in [0.05, 0.1) is 23.1 Å². The molecule has 118 valence electrons. The zero-order valence-electron chi connectivity index (χ0n) is 12.0. The van der Waals surface area contributed by atoms with Crippen LogP contribution in [0.2, 0.25) is 5.02 Å². The predicted molar refractivity (Wildman–Crippen MR) is 82.7 cm³/mol. The van der Waals surface area contributed by atoms with E-state index >= 15 is 0 Å². The highest BCUT2D eigenvalue weighted by Crippen LogP contribution is 2.28. The van der Waals surface area contributed by atoms with Crippen LogP contribution in [0.4, 0.5) is 0 Å². The van der Waals surface area contributed by atoms with Crippen LogP contribution < -0.4 is 10.1 Å². The fraction of sp³-hybridized carbons (Fsp3) is 0.571. The van der Waals surface area contributed by atoms with Crippen LogP contribution >= 0.6 is 11.6 Å². The highest BCUT2D eigenvalue weighted by Gasteiger charge is 2.29. The first kappa shape index (κ1) is 16.5. The van der Waals surface area contributed by atoms with Gasteiger partial charge in [0.2, 0.25) is 0 Å². The maximum absolute atomic E-state index is 11.4. The number of methoxy groups -OCH3 is 1. The van der Waals surface area contributed by atoms with Crippen molar-refractivity contribution in [2.24, 2.45) is 0 Å². The van der Waals surface area contributed by atoms with E-state index in [1.165, 1.54) is 0 Å². The monoisotopic (exact) mass is 333 g/mol. The molecule has 0 aromatic heterocycles. The highest BCUT2D eigenvalue weighted by atomic mass is 35.5. The lowest BCUT2D eigenvalue weighted by molar-refractivity contribution is 0.199. The third-order valence-corrected chi connectivity index (χ3v) is 5.33. The summed E-state index contributed by atoms with van der Waals surface area (Å²) >= 11 is 6.19. The van der Waals surface area contributed by atoms with Crippen molar-refractivity contribution in [3.05, 3.63) is 28.8 Å². The number of ether oxygens (including phenoxy) is 2. The van der Waals surface area contributed by atoms with Crippen LogP contribution in [0.1, 0.15) is 12.0 Å². The second kappa shape index (κ2) is 7.45. The largest absolute Gasteiger partial charge is 0.488 e. The van der Waals surface area contributed by atoms with Crippen molar-refractivity contribution in [1.82, 2.24) is 5.32 Å². The van der Waals surface area contributed by atoms with E-state index in [0.29, 0.717) is 30.3 Å². The first-order chi connectivity index (χ1) is 10.00. The van der Waals surface area contributed by atoms with Gasteiger partial charge in [0.1, 0.15) is 11.9 Å². The summed E-state index contributed by atoms with van der Waals surface area (Å²) in [4.78, 5) is 0. The molecule has 0 saturated carbocycles. The average Bonchev–Trinajstić information content (AvgIpc) is 2.77. The van der Waals surface area contributed by atoms with E-state index in [9.17, 15) is 8.42 Å². The Morgan fingerprint density at radius 2 is 2.24 bits per heavy atom. The van der Waals surface area contributed by atoms with Crippen LogP contribution in [0.5, 0.6) is 5.75 Å².